The van der Waals surface area contributed by atoms with Gasteiger partial charge in [-0.25, -0.2) is 4.39 Å². The molecule has 2 atom stereocenters. The normalized spacial score (nSPS) is 21.0. The van der Waals surface area contributed by atoms with Crippen molar-refractivity contribution in [3.05, 3.63) is 71.5 Å². The number of rotatable bonds is 5. The number of nitrogens with zero attached hydrogens (tertiary/aromatic N) is 1. The monoisotopic (exact) mass is 342 g/mol. The maximum absolute atomic E-state index is 13.7. The zero-order valence-electron chi connectivity index (χ0n) is 14.3. The third kappa shape index (κ3) is 4.87. The van der Waals surface area contributed by atoms with Gasteiger partial charge in [-0.2, -0.15) is 0 Å². The van der Waals surface area contributed by atoms with Crippen LogP contribution in [0.15, 0.2) is 54.6 Å². The molecular formula is C20H23FN2O2. The van der Waals surface area contributed by atoms with Crippen molar-refractivity contribution in [3.63, 3.8) is 0 Å². The molecule has 4 nitrogen and oxygen atoms in total. The molecule has 1 amide bonds. The van der Waals surface area contributed by atoms with Gasteiger partial charge in [0.15, 0.2) is 0 Å². The summed E-state index contributed by atoms with van der Waals surface area (Å²) >= 11 is 0. The molecule has 132 valence electrons. The summed E-state index contributed by atoms with van der Waals surface area (Å²) < 4.78 is 19.4. The van der Waals surface area contributed by atoms with E-state index in [4.69, 9.17) is 4.74 Å². The maximum Gasteiger partial charge on any atom is 0.250 e. The van der Waals surface area contributed by atoms with Crippen LogP contribution in [-0.4, -0.2) is 36.1 Å². The van der Waals surface area contributed by atoms with Crippen LogP contribution in [0, 0.1) is 5.82 Å². The average molecular weight is 342 g/mol. The van der Waals surface area contributed by atoms with Gasteiger partial charge in [0.05, 0.1) is 6.10 Å². The highest BCUT2D eigenvalue weighted by molar-refractivity contribution is 5.81. The van der Waals surface area contributed by atoms with Crippen molar-refractivity contribution >= 4 is 5.91 Å². The van der Waals surface area contributed by atoms with E-state index in [0.717, 1.165) is 13.1 Å². The Balaban J connectivity index is 1.57. The van der Waals surface area contributed by atoms with Crippen molar-refractivity contribution < 1.29 is 13.9 Å². The van der Waals surface area contributed by atoms with Gasteiger partial charge in [-0.3, -0.25) is 9.69 Å². The highest BCUT2D eigenvalue weighted by Crippen LogP contribution is 2.15. The summed E-state index contributed by atoms with van der Waals surface area (Å²) in [5.41, 5.74) is 1.68. The summed E-state index contributed by atoms with van der Waals surface area (Å²) in [5, 5.41) is 2.78. The minimum atomic E-state index is -0.542. The van der Waals surface area contributed by atoms with Crippen LogP contribution in [-0.2, 0) is 22.6 Å². The number of amides is 1. The van der Waals surface area contributed by atoms with Crippen LogP contribution in [0.4, 0.5) is 4.39 Å². The summed E-state index contributed by atoms with van der Waals surface area (Å²) in [7, 11) is 0. The van der Waals surface area contributed by atoms with Crippen molar-refractivity contribution in [2.75, 3.05) is 13.1 Å². The third-order valence-corrected chi connectivity index (χ3v) is 4.29. The molecule has 2 aromatic rings. The number of nitrogens with one attached hydrogen (secondary N) is 1. The van der Waals surface area contributed by atoms with Gasteiger partial charge in [0.2, 0.25) is 0 Å². The van der Waals surface area contributed by atoms with Gasteiger partial charge in [-0.1, -0.05) is 48.5 Å². The molecule has 1 saturated heterocycles. The van der Waals surface area contributed by atoms with Crippen LogP contribution in [0.3, 0.4) is 0 Å². The number of ether oxygens (including phenoxy) is 1. The van der Waals surface area contributed by atoms with Crippen LogP contribution in [0.1, 0.15) is 18.1 Å². The summed E-state index contributed by atoms with van der Waals surface area (Å²) in [6.07, 6.45) is -0.569. The van der Waals surface area contributed by atoms with E-state index in [-0.39, 0.29) is 24.4 Å². The molecule has 5 heteroatoms. The summed E-state index contributed by atoms with van der Waals surface area (Å²) in [6, 6.07) is 16.6. The number of hydrogen-bond donors (Lipinski definition) is 1. The molecule has 25 heavy (non-hydrogen) atoms. The van der Waals surface area contributed by atoms with Crippen molar-refractivity contribution in [1.82, 2.24) is 10.2 Å². The van der Waals surface area contributed by atoms with Crippen LogP contribution in [0.5, 0.6) is 0 Å². The Morgan fingerprint density at radius 3 is 2.64 bits per heavy atom. The second-order valence-corrected chi connectivity index (χ2v) is 6.42. The first-order valence-electron chi connectivity index (χ1n) is 8.54. The molecule has 2 aromatic carbocycles. The molecule has 0 radical (unpaired) electrons. The molecular weight excluding hydrogens is 319 g/mol. The lowest BCUT2D eigenvalue weighted by atomic mass is 10.1. The Morgan fingerprint density at radius 1 is 1.16 bits per heavy atom. The minimum Gasteiger partial charge on any atom is -0.363 e. The topological polar surface area (TPSA) is 41.6 Å². The van der Waals surface area contributed by atoms with Gasteiger partial charge in [-0.05, 0) is 18.6 Å². The Labute approximate surface area is 147 Å². The SMILES string of the molecule is C[C@@H]1CN(Cc2ccccc2)C[C@H](C(=O)NCc2ccccc2F)O1. The number of hydrogen-bond acceptors (Lipinski definition) is 3. The standard InChI is InChI=1S/C20H23FN2O2/c1-15-12-23(13-16-7-3-2-4-8-16)14-19(25-15)20(24)22-11-17-9-5-6-10-18(17)21/h2-10,15,19H,11-14H2,1H3,(H,22,24)/t15-,19-/m1/s1. The first kappa shape index (κ1) is 17.6. The smallest absolute Gasteiger partial charge is 0.250 e. The largest absolute Gasteiger partial charge is 0.363 e. The molecule has 1 fully saturated rings. The molecule has 0 saturated carbocycles. The lowest BCUT2D eigenvalue weighted by Gasteiger charge is -2.36. The van der Waals surface area contributed by atoms with Gasteiger partial charge < -0.3 is 10.1 Å². The van der Waals surface area contributed by atoms with Crippen LogP contribution in [0.2, 0.25) is 0 Å². The van der Waals surface area contributed by atoms with Crippen LogP contribution < -0.4 is 5.32 Å². The zero-order chi connectivity index (χ0) is 17.6. The predicted octanol–water partition coefficient (Wildman–Crippen LogP) is 2.73. The van der Waals surface area contributed by atoms with Gasteiger partial charge in [-0.15, -0.1) is 0 Å². The summed E-state index contributed by atoms with van der Waals surface area (Å²) in [5.74, 6) is -0.515. The lowest BCUT2D eigenvalue weighted by Crippen LogP contribution is -2.52. The second-order valence-electron chi connectivity index (χ2n) is 6.42. The summed E-state index contributed by atoms with van der Waals surface area (Å²) in [4.78, 5) is 14.7. The third-order valence-electron chi connectivity index (χ3n) is 4.29. The van der Waals surface area contributed by atoms with Crippen LogP contribution in [0.25, 0.3) is 0 Å². The van der Waals surface area contributed by atoms with Crippen molar-refractivity contribution in [2.45, 2.75) is 32.2 Å². The van der Waals surface area contributed by atoms with Gasteiger partial charge in [0.25, 0.3) is 5.91 Å². The first-order chi connectivity index (χ1) is 12.1. The van der Waals surface area contributed by atoms with Crippen molar-refractivity contribution in [3.8, 4) is 0 Å². The van der Waals surface area contributed by atoms with E-state index in [1.54, 1.807) is 18.2 Å². The molecule has 1 aliphatic rings. The Kier molecular flexibility index (Phi) is 5.79. The highest BCUT2D eigenvalue weighted by atomic mass is 19.1. The molecule has 0 aliphatic carbocycles. The fraction of sp³-hybridized carbons (Fsp3) is 0.350. The Bertz CT molecular complexity index is 708. The molecule has 1 heterocycles. The first-order valence-corrected chi connectivity index (χ1v) is 8.54. The van der Waals surface area contributed by atoms with Gasteiger partial charge in [0, 0.05) is 31.7 Å². The maximum atomic E-state index is 13.7. The fourth-order valence-corrected chi connectivity index (χ4v) is 3.09. The molecule has 1 aliphatic heterocycles. The van der Waals surface area contributed by atoms with E-state index in [1.807, 2.05) is 25.1 Å². The molecule has 0 spiro atoms. The van der Waals surface area contributed by atoms with E-state index >= 15 is 0 Å². The number of halogens is 1. The quantitative estimate of drug-likeness (QED) is 0.908. The molecule has 0 aromatic heterocycles. The lowest BCUT2D eigenvalue weighted by molar-refractivity contribution is -0.146. The van der Waals surface area contributed by atoms with Gasteiger partial charge >= 0.3 is 0 Å². The highest BCUT2D eigenvalue weighted by Gasteiger charge is 2.30. The molecule has 1 N–H and O–H groups in total. The number of benzene rings is 2. The molecule has 0 bridgehead atoms. The zero-order valence-corrected chi connectivity index (χ0v) is 14.3. The van der Waals surface area contributed by atoms with E-state index in [0.29, 0.717) is 12.1 Å². The van der Waals surface area contributed by atoms with Crippen LogP contribution >= 0.6 is 0 Å². The Hall–Kier alpha value is -2.24. The van der Waals surface area contributed by atoms with Crippen molar-refractivity contribution in [2.24, 2.45) is 0 Å². The molecule has 3 rings (SSSR count). The van der Waals surface area contributed by atoms with Crippen molar-refractivity contribution in [1.29, 1.82) is 0 Å². The van der Waals surface area contributed by atoms with Gasteiger partial charge in [0.1, 0.15) is 11.9 Å². The number of carbonyl (C=O) groups is 1. The number of morpholine rings is 1. The van der Waals surface area contributed by atoms with E-state index in [9.17, 15) is 9.18 Å². The number of carbonyl (C=O) groups excluding carboxylic acids is 1. The molecule has 0 unspecified atom stereocenters. The summed E-state index contributed by atoms with van der Waals surface area (Å²) in [6.45, 7) is 4.23. The van der Waals surface area contributed by atoms with E-state index < -0.39 is 6.10 Å². The predicted molar refractivity (Wildman–Crippen MR) is 94.3 cm³/mol. The second kappa shape index (κ2) is 8.23. The minimum absolute atomic E-state index is 0.0262. The van der Waals surface area contributed by atoms with E-state index in [1.165, 1.54) is 11.6 Å². The van der Waals surface area contributed by atoms with E-state index in [2.05, 4.69) is 22.3 Å². The fourth-order valence-electron chi connectivity index (χ4n) is 3.09. The Morgan fingerprint density at radius 2 is 1.88 bits per heavy atom. The average Bonchev–Trinajstić information content (AvgIpc) is 2.61.